The molecule has 0 spiro atoms. The lowest BCUT2D eigenvalue weighted by Crippen LogP contribution is -2.42. The minimum atomic E-state index is -3.49. The quantitative estimate of drug-likeness (QED) is 0.0176. The van der Waals surface area contributed by atoms with Gasteiger partial charge in [0.15, 0.2) is 29.5 Å². The van der Waals surface area contributed by atoms with Crippen molar-refractivity contribution in [3.05, 3.63) is 253 Å². The summed E-state index contributed by atoms with van der Waals surface area (Å²) in [5.74, 6) is -3.99. The highest BCUT2D eigenvalue weighted by Gasteiger charge is 2.31. The van der Waals surface area contributed by atoms with Gasteiger partial charge >= 0.3 is 23.9 Å². The van der Waals surface area contributed by atoms with Crippen LogP contribution < -0.4 is 16.8 Å². The molecule has 0 saturated carbocycles. The fourth-order valence-corrected chi connectivity index (χ4v) is 14.9. The van der Waals surface area contributed by atoms with Crippen LogP contribution in [0, 0.1) is 11.8 Å². The number of benzene rings is 8. The molecule has 0 aromatic heterocycles. The summed E-state index contributed by atoms with van der Waals surface area (Å²) in [5, 5.41) is 31.6. The average molecular weight is 1750 g/mol. The van der Waals surface area contributed by atoms with Gasteiger partial charge in [-0.15, -0.1) is 35.1 Å². The smallest absolute Gasteiger partial charge is 0.326 e. The normalized spacial score (nSPS) is 13.1. The number of carbonyl (C=O) groups excluding carboxylic acids is 5. The number of esters is 2. The first kappa shape index (κ1) is 99.8. The molecule has 33 heteroatoms. The number of likely N-dealkylation sites (N-methyl/N-ethyl adjacent to an activating group) is 1. The number of carboxylic acids is 2. The van der Waals surface area contributed by atoms with Crippen LogP contribution in [0.5, 0.6) is 0 Å². The summed E-state index contributed by atoms with van der Waals surface area (Å²) in [6.07, 6.45) is 8.25. The topological polar surface area (TPSA) is 403 Å². The number of rotatable bonds is 25. The van der Waals surface area contributed by atoms with E-state index in [4.69, 9.17) is 63.0 Å². The number of amides is 3. The molecule has 3 amide bonds. The van der Waals surface area contributed by atoms with Crippen LogP contribution in [0.15, 0.2) is 206 Å². The summed E-state index contributed by atoms with van der Waals surface area (Å²) in [6, 6.07) is 50.0. The number of alkyl halides is 1. The maximum atomic E-state index is 13.2. The molecular formula is C81H97Cl4N5O19S5. The van der Waals surface area contributed by atoms with Crippen molar-refractivity contribution in [3.8, 4) is 0 Å². The van der Waals surface area contributed by atoms with E-state index >= 15 is 0 Å². The lowest BCUT2D eigenvalue weighted by atomic mass is 9.95. The van der Waals surface area contributed by atoms with Gasteiger partial charge in [0.05, 0.1) is 75.0 Å². The molecule has 114 heavy (non-hydrogen) atoms. The Morgan fingerprint density at radius 3 is 1.48 bits per heavy atom. The Morgan fingerprint density at radius 2 is 1.04 bits per heavy atom. The van der Waals surface area contributed by atoms with Gasteiger partial charge < -0.3 is 56.9 Å². The first-order valence-electron chi connectivity index (χ1n) is 34.7. The highest BCUT2D eigenvalue weighted by molar-refractivity contribution is 7.98. The number of thioether (sulfide) groups is 2. The summed E-state index contributed by atoms with van der Waals surface area (Å²) >= 11 is 28.0. The van der Waals surface area contributed by atoms with Crippen LogP contribution >= 0.6 is 69.9 Å². The van der Waals surface area contributed by atoms with Crippen molar-refractivity contribution in [3.63, 3.8) is 0 Å². The molecule has 8 aromatic carbocycles. The summed E-state index contributed by atoms with van der Waals surface area (Å²) < 4.78 is 78.3. The molecule has 0 bridgehead atoms. The number of nitrogens with one attached hydrogen (secondary N) is 1. The van der Waals surface area contributed by atoms with Crippen molar-refractivity contribution < 1.29 is 89.1 Å². The standard InChI is InChI=1S/C27H23Cl3N2O6S.C12H18N2O2.C12H16O4S.C11H15NO4S.C11H14O2S.C8H9ClS.H2O/c1-39(37,38)19-4-2-3-15(11-19)12-22(27(35)36)31-25(33)23-21(29)13-17-14-32(10-9-20(17)24(23)30)26(34)16-5-7-18(28)8-6-16;1-9(14(2)11(15)8-13)12(16)10-6-4-3-5-7-10;1-9(12(13)16-2)7-10-5-4-6-11(8-10)17(3,14)15;1-16-11(13)10(12)7-8-4-3-5-9(6-8)17(2,14)15;1-8(11(12)13)6-9-4-3-5-10(7-9)14-2;1-10-8-4-2-3-7(5-8)6-9;/h2-8,11,13,22H,9-10,12,14H2,1H3,(H,31,33)(H,35,36);3-7,9,12,16H,8,13H2,1-2H3;4-6,8-9H,7H2,1-3H3;3-6,10H,7,12H2,1-2H3;3-5,7-8H,6H2,1-2H3,(H,12,13);2-5H,6H2,1H3;1H2/t22-;9-,12+;9-;10-;8-;;/m01000../s1. The molecule has 0 unspecified atom stereocenters. The van der Waals surface area contributed by atoms with Crippen LogP contribution in [0.4, 0.5) is 0 Å². The number of nitrogens with two attached hydrogens (primary N) is 2. The zero-order chi connectivity index (χ0) is 84.7. The number of methoxy groups -OCH3 is 2. The second-order valence-corrected chi connectivity index (χ2v) is 35.3. The van der Waals surface area contributed by atoms with Gasteiger partial charge in [0.1, 0.15) is 12.1 Å². The van der Waals surface area contributed by atoms with E-state index < -0.39 is 71.5 Å². The van der Waals surface area contributed by atoms with Crippen LogP contribution in [0.1, 0.15) is 92.1 Å². The van der Waals surface area contributed by atoms with Crippen LogP contribution in [0.25, 0.3) is 0 Å². The molecule has 6 atom stereocenters. The maximum absolute atomic E-state index is 13.2. The largest absolute Gasteiger partial charge is 0.481 e. The molecule has 0 fully saturated rings. The molecule has 9 rings (SSSR count). The summed E-state index contributed by atoms with van der Waals surface area (Å²) in [4.78, 5) is 88.6. The van der Waals surface area contributed by atoms with Crippen LogP contribution in [-0.2, 0) is 107 Å². The molecule has 0 saturated heterocycles. The number of sulfone groups is 3. The van der Waals surface area contributed by atoms with E-state index in [9.17, 15) is 69.0 Å². The Labute approximate surface area is 695 Å². The number of aliphatic hydroxyl groups is 1. The third-order valence-corrected chi connectivity index (χ3v) is 23.4. The maximum Gasteiger partial charge on any atom is 0.326 e. The molecular weight excluding hydrogens is 1650 g/mol. The molecule has 1 aliphatic heterocycles. The molecule has 10 N–H and O–H groups in total. The van der Waals surface area contributed by atoms with Crippen molar-refractivity contribution >= 4 is 141 Å². The third-order valence-electron chi connectivity index (χ3n) is 17.3. The van der Waals surface area contributed by atoms with Crippen molar-refractivity contribution in [1.29, 1.82) is 0 Å². The van der Waals surface area contributed by atoms with Gasteiger partial charge in [0, 0.05) is 71.6 Å². The van der Waals surface area contributed by atoms with E-state index in [1.165, 1.54) is 64.8 Å². The predicted molar refractivity (Wildman–Crippen MR) is 449 cm³/mol. The molecule has 0 aliphatic carbocycles. The minimum Gasteiger partial charge on any atom is -0.481 e. The number of carbonyl (C=O) groups is 7. The van der Waals surface area contributed by atoms with E-state index in [2.05, 4.69) is 33.2 Å². The molecule has 1 heterocycles. The van der Waals surface area contributed by atoms with Gasteiger partial charge in [0.25, 0.3) is 11.8 Å². The van der Waals surface area contributed by atoms with Crippen molar-refractivity contribution in [2.24, 2.45) is 23.3 Å². The number of hydrogen-bond acceptors (Lipinski definition) is 20. The second-order valence-electron chi connectivity index (χ2n) is 26.0. The Morgan fingerprint density at radius 1 is 0.588 bits per heavy atom. The lowest BCUT2D eigenvalue weighted by molar-refractivity contribution is -0.145. The Bertz CT molecular complexity index is 4800. The number of fused-ring (bicyclic) bond motifs is 1. The molecule has 0 radical (unpaired) electrons. The summed E-state index contributed by atoms with van der Waals surface area (Å²) in [5.41, 5.74) is 17.6. The van der Waals surface area contributed by atoms with Crippen molar-refractivity contribution in [2.75, 3.05) is 65.6 Å². The molecule has 1 aliphatic rings. The van der Waals surface area contributed by atoms with Gasteiger partial charge in [-0.25, -0.2) is 30.0 Å². The van der Waals surface area contributed by atoms with Gasteiger partial charge in [-0.1, -0.05) is 140 Å². The lowest BCUT2D eigenvalue weighted by Gasteiger charge is -2.30. The predicted octanol–water partition coefficient (Wildman–Crippen LogP) is 11.8. The summed E-state index contributed by atoms with van der Waals surface area (Å²) in [6.45, 7) is 5.82. The molecule has 24 nitrogen and oxygen atoms in total. The number of nitrogens with zero attached hydrogens (tertiary/aromatic N) is 2. The van der Waals surface area contributed by atoms with E-state index in [0.29, 0.717) is 64.5 Å². The number of ether oxygens (including phenoxy) is 2. The number of aliphatic hydroxyl groups excluding tert-OH is 1. The second kappa shape index (κ2) is 48.2. The number of carboxylic acid groups (broad SMARTS) is 2. The Kier molecular flexibility index (Phi) is 42.2. The number of aliphatic carboxylic acids is 2. The van der Waals surface area contributed by atoms with Gasteiger partial charge in [-0.05, 0) is 181 Å². The van der Waals surface area contributed by atoms with E-state index in [-0.39, 0.29) is 97.4 Å². The number of hydrogen-bond donors (Lipinski definition) is 6. The Balaban J connectivity index is 0.000000380. The Hall–Kier alpha value is -8.40. The van der Waals surface area contributed by atoms with Crippen LogP contribution in [0.3, 0.4) is 0 Å². The third kappa shape index (κ3) is 32.7. The van der Waals surface area contributed by atoms with Crippen molar-refractivity contribution in [1.82, 2.24) is 15.1 Å². The number of halogens is 4. The van der Waals surface area contributed by atoms with E-state index in [1.54, 1.807) is 129 Å². The summed E-state index contributed by atoms with van der Waals surface area (Å²) in [7, 11) is -5.70. The fraction of sp³-hybridized carbons (Fsp3) is 0.321. The highest BCUT2D eigenvalue weighted by atomic mass is 35.5. The van der Waals surface area contributed by atoms with Crippen LogP contribution in [0.2, 0.25) is 15.1 Å². The minimum absolute atomic E-state index is 0. The fourth-order valence-electron chi connectivity index (χ4n) is 10.8. The average Bonchev–Trinajstić information content (AvgIpc) is 0.772. The van der Waals surface area contributed by atoms with Crippen LogP contribution in [-0.4, -0.2) is 181 Å². The zero-order valence-electron chi connectivity index (χ0n) is 64.7. The highest BCUT2D eigenvalue weighted by Crippen LogP contribution is 2.36. The monoisotopic (exact) mass is 1740 g/mol. The molecule has 8 aromatic rings. The van der Waals surface area contributed by atoms with E-state index in [0.717, 1.165) is 35.5 Å². The van der Waals surface area contributed by atoms with Gasteiger partial charge in [-0.2, -0.15) is 0 Å². The van der Waals surface area contributed by atoms with Crippen molar-refractivity contribution in [2.45, 2.75) is 114 Å². The SMILES string of the molecule is COC(=O)[C@@H](C)Cc1cccc(S(C)(=O)=O)c1.COC(=O)[C@@H](N)Cc1cccc(S(C)(=O)=O)c1.CS(=O)(=O)c1cccc(C[C@H](NC(=O)c2c(Cl)cc3c(c2Cl)CCN(C(=O)c2ccc(Cl)cc2)C3)C(=O)O)c1.CSc1cccc(CCl)c1.CSc1cccc(C[C@H](C)C(=O)O)c1.C[C@H]([C@H](O)c1ccccc1)N(C)C(=O)CN.O. The van der Waals surface area contributed by atoms with Gasteiger partial charge in [0.2, 0.25) is 5.91 Å². The first-order valence-corrected chi connectivity index (χ1v) is 44.5. The van der Waals surface area contributed by atoms with E-state index in [1.807, 2.05) is 73.0 Å². The first-order chi connectivity index (χ1) is 53.1. The zero-order valence-corrected chi connectivity index (χ0v) is 71.8. The van der Waals surface area contributed by atoms with Gasteiger partial charge in [-0.3, -0.25) is 28.8 Å². The molecule has 618 valence electrons.